The average molecular weight is 392 g/mol. The van der Waals surface area contributed by atoms with Crippen LogP contribution >= 0.6 is 9.12 Å². The Bertz CT molecular complexity index is 441. The summed E-state index contributed by atoms with van der Waals surface area (Å²) in [6, 6.07) is 0. The minimum absolute atomic E-state index is 0.0247. The van der Waals surface area contributed by atoms with E-state index in [0.717, 1.165) is 6.42 Å². The summed E-state index contributed by atoms with van der Waals surface area (Å²) in [6.45, 7) is 9.37. The van der Waals surface area contributed by atoms with E-state index in [0.29, 0.717) is 0 Å². The molecule has 0 aromatic heterocycles. The van der Waals surface area contributed by atoms with Crippen LogP contribution < -0.4 is 0 Å². The summed E-state index contributed by atoms with van der Waals surface area (Å²) >= 11 is 0. The highest BCUT2D eigenvalue weighted by Crippen LogP contribution is 2.35. The van der Waals surface area contributed by atoms with E-state index >= 15 is 0 Å². The lowest BCUT2D eigenvalue weighted by molar-refractivity contribution is -0.327. The normalized spacial score (nSPS) is 47.0. The predicted molar refractivity (Wildman–Crippen MR) is 102 cm³/mol. The molecular weight excluding hydrogens is 358 g/mol. The van der Waals surface area contributed by atoms with Crippen molar-refractivity contribution < 1.29 is 34.2 Å². The van der Waals surface area contributed by atoms with Crippen LogP contribution in [0.4, 0.5) is 0 Å². The molecule has 0 spiro atoms. The zero-order chi connectivity index (χ0) is 19.6. The molecule has 2 aliphatic rings. The van der Waals surface area contributed by atoms with Gasteiger partial charge in [0.1, 0.15) is 18.3 Å². The molecule has 2 heterocycles. The van der Waals surface area contributed by atoms with Crippen LogP contribution in [-0.4, -0.2) is 77.6 Å². The first-order chi connectivity index (χ1) is 12.2. The first-order valence-electron chi connectivity index (χ1n) is 9.55. The number of hydrogen-bond acceptors (Lipinski definition) is 7. The molecular formula is C17H34BO7P. The van der Waals surface area contributed by atoms with Gasteiger partial charge in [-0.3, -0.25) is 0 Å². The molecule has 0 aromatic rings. The molecule has 2 rings (SSSR count). The Balaban J connectivity index is 2.21. The lowest BCUT2D eigenvalue weighted by Crippen LogP contribution is -2.61. The van der Waals surface area contributed by atoms with Gasteiger partial charge in [-0.15, -0.1) is 9.12 Å². The molecule has 3 N–H and O–H groups in total. The fourth-order valence-electron chi connectivity index (χ4n) is 3.74. The highest BCUT2D eigenvalue weighted by Gasteiger charge is 2.48. The monoisotopic (exact) mass is 392 g/mol. The van der Waals surface area contributed by atoms with E-state index in [-0.39, 0.29) is 37.5 Å². The van der Waals surface area contributed by atoms with Crippen molar-refractivity contribution in [1.29, 1.82) is 0 Å². The van der Waals surface area contributed by atoms with Gasteiger partial charge in [0.15, 0.2) is 6.29 Å². The van der Waals surface area contributed by atoms with Gasteiger partial charge < -0.3 is 34.2 Å². The van der Waals surface area contributed by atoms with Crippen LogP contribution in [-0.2, 0) is 18.9 Å². The van der Waals surface area contributed by atoms with E-state index in [9.17, 15) is 15.3 Å². The second kappa shape index (κ2) is 9.61. The summed E-state index contributed by atoms with van der Waals surface area (Å²) in [5, 5.41) is 30.1. The smallest absolute Gasteiger partial charge is 0.312 e. The molecule has 7 nitrogen and oxygen atoms in total. The average Bonchev–Trinajstić information content (AvgIpc) is 2.60. The van der Waals surface area contributed by atoms with Crippen molar-refractivity contribution in [3.05, 3.63) is 0 Å². The summed E-state index contributed by atoms with van der Waals surface area (Å²) in [5.41, 5.74) is 0. The first kappa shape index (κ1) is 22.5. The van der Waals surface area contributed by atoms with Crippen molar-refractivity contribution in [2.45, 2.75) is 90.0 Å². The van der Waals surface area contributed by atoms with Gasteiger partial charge in [0, 0.05) is 11.8 Å². The highest BCUT2D eigenvalue weighted by atomic mass is 31.0. The molecule has 0 saturated carbocycles. The topological polar surface area (TPSA) is 97.6 Å². The maximum Gasteiger partial charge on any atom is 0.312 e. The first-order valence-corrected chi connectivity index (χ1v) is 10.2. The predicted octanol–water partition coefficient (Wildman–Crippen LogP) is 0.658. The Kier molecular flexibility index (Phi) is 8.32. The number of rotatable bonds is 6. The van der Waals surface area contributed by atoms with Gasteiger partial charge in [0.2, 0.25) is 0 Å². The fraction of sp³-hybridized carbons (Fsp3) is 1.00. The van der Waals surface area contributed by atoms with Crippen molar-refractivity contribution in [3.63, 3.8) is 0 Å². The summed E-state index contributed by atoms with van der Waals surface area (Å²) in [5.74, 6) is -0.380. The summed E-state index contributed by atoms with van der Waals surface area (Å²) in [6.07, 6.45) is -3.78. The number of aliphatic hydroxyl groups excluding tert-OH is 3. The highest BCUT2D eigenvalue weighted by molar-refractivity contribution is 7.60. The molecule has 0 aliphatic carbocycles. The maximum atomic E-state index is 10.5. The molecule has 2 saturated heterocycles. The Hall–Kier alpha value is 0.215. The third kappa shape index (κ3) is 4.79. The zero-order valence-corrected chi connectivity index (χ0v) is 17.5. The van der Waals surface area contributed by atoms with Crippen LogP contribution in [0.15, 0.2) is 0 Å². The quantitative estimate of drug-likeness (QED) is 0.451. The van der Waals surface area contributed by atoms with E-state index < -0.39 is 36.6 Å². The van der Waals surface area contributed by atoms with E-state index in [4.69, 9.17) is 18.9 Å². The van der Waals surface area contributed by atoms with Gasteiger partial charge in [-0.2, -0.15) is 0 Å². The fourth-order valence-corrected chi connectivity index (χ4v) is 3.92. The molecule has 0 radical (unpaired) electrons. The van der Waals surface area contributed by atoms with Crippen LogP contribution in [0.3, 0.4) is 0 Å². The van der Waals surface area contributed by atoms with Gasteiger partial charge in [-0.1, -0.05) is 27.6 Å². The van der Waals surface area contributed by atoms with E-state index in [1.807, 2.05) is 20.7 Å². The minimum atomic E-state index is -1.01. The number of aliphatic hydroxyl groups is 3. The van der Waals surface area contributed by atoms with Crippen molar-refractivity contribution in [2.75, 3.05) is 6.61 Å². The van der Waals surface area contributed by atoms with E-state index in [1.165, 1.54) is 0 Å². The van der Waals surface area contributed by atoms with Crippen molar-refractivity contribution in [3.8, 4) is 0 Å². The van der Waals surface area contributed by atoms with E-state index in [2.05, 4.69) is 16.0 Å². The largest absolute Gasteiger partial charge is 0.426 e. The third-order valence-corrected chi connectivity index (χ3v) is 5.79. The maximum absolute atomic E-state index is 10.5. The van der Waals surface area contributed by atoms with Gasteiger partial charge in [-0.25, -0.2) is 0 Å². The van der Waals surface area contributed by atoms with Crippen LogP contribution in [0, 0.1) is 11.8 Å². The molecule has 5 unspecified atom stereocenters. The SMILES string of the molecule is CCC1O[C@@H](C)C(C)[C@@H](OB(C)P)[C@H]1O[C@H]1O[C@@H](CO)[C@@H](O)C(C)C1O. The molecule has 2 fully saturated rings. The van der Waals surface area contributed by atoms with Gasteiger partial charge in [-0.05, 0) is 13.3 Å². The molecule has 11 atom stereocenters. The zero-order valence-electron chi connectivity index (χ0n) is 16.3. The van der Waals surface area contributed by atoms with Crippen LogP contribution in [0.25, 0.3) is 0 Å². The van der Waals surface area contributed by atoms with Crippen molar-refractivity contribution in [2.24, 2.45) is 11.8 Å². The third-order valence-electron chi connectivity index (χ3n) is 5.63. The molecule has 9 heteroatoms. The second-order valence-electron chi connectivity index (χ2n) is 7.62. The molecule has 26 heavy (non-hydrogen) atoms. The summed E-state index contributed by atoms with van der Waals surface area (Å²) < 4.78 is 24.1. The van der Waals surface area contributed by atoms with E-state index in [1.54, 1.807) is 6.92 Å². The lowest BCUT2D eigenvalue weighted by atomic mass is 9.85. The molecule has 152 valence electrons. The van der Waals surface area contributed by atoms with Crippen LogP contribution in [0.5, 0.6) is 0 Å². The number of hydrogen-bond donors (Lipinski definition) is 3. The Morgan fingerprint density at radius 2 is 1.65 bits per heavy atom. The minimum Gasteiger partial charge on any atom is -0.426 e. The summed E-state index contributed by atoms with van der Waals surface area (Å²) in [4.78, 5) is 0. The van der Waals surface area contributed by atoms with Crippen molar-refractivity contribution >= 4 is 15.8 Å². The lowest BCUT2D eigenvalue weighted by Gasteiger charge is -2.48. The van der Waals surface area contributed by atoms with Gasteiger partial charge in [0.25, 0.3) is 0 Å². The number of ether oxygens (including phenoxy) is 3. The Morgan fingerprint density at radius 1 is 1.00 bits per heavy atom. The van der Waals surface area contributed by atoms with Crippen molar-refractivity contribution in [1.82, 2.24) is 0 Å². The van der Waals surface area contributed by atoms with Crippen LogP contribution in [0.1, 0.15) is 34.1 Å². The van der Waals surface area contributed by atoms with Gasteiger partial charge in [0.05, 0.1) is 31.0 Å². The standard InChI is InChI=1S/C17H34BO7P/c1-6-11-16(15(25-18(5)26)8(2)10(4)22-11)24-17-14(21)9(3)13(20)12(7-19)23-17/h8-17,19-21H,6-7,26H2,1-5H3/t8?,9?,10-,11?,12-,13-,14?,15+,16-,17+/m0/s1. The molecule has 0 bridgehead atoms. The second-order valence-corrected chi connectivity index (χ2v) is 8.56. The Labute approximate surface area is 159 Å². The molecule has 2 aliphatic heterocycles. The molecule has 0 amide bonds. The van der Waals surface area contributed by atoms with Crippen LogP contribution in [0.2, 0.25) is 6.82 Å². The molecule has 0 aromatic carbocycles. The summed E-state index contributed by atoms with van der Waals surface area (Å²) in [7, 11) is 2.63. The Morgan fingerprint density at radius 3 is 2.19 bits per heavy atom. The van der Waals surface area contributed by atoms with Gasteiger partial charge >= 0.3 is 6.64 Å².